The minimum atomic E-state index is -3.82. The van der Waals surface area contributed by atoms with Crippen LogP contribution in [0.4, 0.5) is 5.82 Å². The van der Waals surface area contributed by atoms with E-state index in [1.54, 1.807) is 0 Å². The number of pyridine rings is 1. The Morgan fingerprint density at radius 1 is 1.23 bits per heavy atom. The summed E-state index contributed by atoms with van der Waals surface area (Å²) in [6, 6.07) is 9.45. The van der Waals surface area contributed by atoms with E-state index in [-0.39, 0.29) is 29.6 Å². The number of nitrogens with two attached hydrogens (primary N) is 1. The molecule has 0 fully saturated rings. The maximum absolute atomic E-state index is 12.2. The fourth-order valence-electron chi connectivity index (χ4n) is 2.21. The van der Waals surface area contributed by atoms with Crippen LogP contribution in [0.25, 0.3) is 0 Å². The normalized spacial score (nSPS) is 11.3. The Morgan fingerprint density at radius 2 is 1.92 bits per heavy atom. The zero-order valence-corrected chi connectivity index (χ0v) is 16.7. The molecular weight excluding hydrogens is 420 g/mol. The summed E-state index contributed by atoms with van der Waals surface area (Å²) >= 11 is 3.16. The zero-order valence-electron chi connectivity index (χ0n) is 14.3. The smallest absolute Gasteiger partial charge is 0.244 e. The van der Waals surface area contributed by atoms with E-state index in [0.717, 1.165) is 12.0 Å². The number of aryl methyl sites for hydroxylation is 1. The van der Waals surface area contributed by atoms with Crippen LogP contribution < -0.4 is 15.8 Å². The van der Waals surface area contributed by atoms with Crippen molar-refractivity contribution in [1.29, 1.82) is 0 Å². The summed E-state index contributed by atoms with van der Waals surface area (Å²) in [4.78, 5) is 15.5. The maximum Gasteiger partial charge on any atom is 0.244 e. The van der Waals surface area contributed by atoms with Gasteiger partial charge in [-0.25, -0.2) is 18.1 Å². The number of amides is 1. The topological polar surface area (TPSA) is 114 Å². The van der Waals surface area contributed by atoms with Crippen molar-refractivity contribution in [2.45, 2.75) is 24.7 Å². The predicted molar refractivity (Wildman–Crippen MR) is 104 cm³/mol. The van der Waals surface area contributed by atoms with Gasteiger partial charge >= 0.3 is 0 Å². The highest BCUT2D eigenvalue weighted by molar-refractivity contribution is 9.10. The van der Waals surface area contributed by atoms with Gasteiger partial charge in [-0.2, -0.15) is 0 Å². The number of nitrogens with zero attached hydrogens (tertiary/aromatic N) is 1. The van der Waals surface area contributed by atoms with Gasteiger partial charge in [0.25, 0.3) is 0 Å². The van der Waals surface area contributed by atoms with Gasteiger partial charge in [0.1, 0.15) is 10.7 Å². The van der Waals surface area contributed by atoms with Crippen molar-refractivity contribution < 1.29 is 13.2 Å². The van der Waals surface area contributed by atoms with Crippen LogP contribution in [-0.2, 0) is 21.2 Å². The molecule has 0 unspecified atom stereocenters. The Balaban J connectivity index is 1.76. The van der Waals surface area contributed by atoms with Gasteiger partial charge in [0.05, 0.1) is 0 Å². The second-order valence-electron chi connectivity index (χ2n) is 5.77. The second-order valence-corrected chi connectivity index (χ2v) is 8.42. The molecule has 0 atom stereocenters. The van der Waals surface area contributed by atoms with Crippen molar-refractivity contribution in [3.63, 3.8) is 0 Å². The van der Waals surface area contributed by atoms with Crippen LogP contribution in [0.2, 0.25) is 0 Å². The van der Waals surface area contributed by atoms with Gasteiger partial charge in [0, 0.05) is 30.2 Å². The van der Waals surface area contributed by atoms with Crippen LogP contribution in [0.1, 0.15) is 17.5 Å². The molecule has 0 aliphatic carbocycles. The van der Waals surface area contributed by atoms with E-state index in [4.69, 9.17) is 5.73 Å². The third-order valence-electron chi connectivity index (χ3n) is 3.64. The number of hydrogen-bond donors (Lipinski definition) is 3. The molecule has 4 N–H and O–H groups in total. The largest absolute Gasteiger partial charge is 0.383 e. The number of nitrogens with one attached hydrogen (secondary N) is 2. The molecule has 1 heterocycles. The molecule has 0 saturated heterocycles. The third-order valence-corrected chi connectivity index (χ3v) is 5.56. The highest BCUT2D eigenvalue weighted by atomic mass is 79.9. The van der Waals surface area contributed by atoms with E-state index in [2.05, 4.69) is 31.0 Å². The van der Waals surface area contributed by atoms with Crippen molar-refractivity contribution >= 4 is 37.7 Å². The monoisotopic (exact) mass is 440 g/mol. The first-order valence-corrected chi connectivity index (χ1v) is 10.3. The Bertz CT molecular complexity index is 870. The molecule has 0 saturated carbocycles. The number of sulfonamides is 1. The summed E-state index contributed by atoms with van der Waals surface area (Å²) in [6.45, 7) is 2.49. The molecule has 0 bridgehead atoms. The van der Waals surface area contributed by atoms with E-state index >= 15 is 0 Å². The maximum atomic E-state index is 12.2. The summed E-state index contributed by atoms with van der Waals surface area (Å²) in [5.41, 5.74) is 7.93. The van der Waals surface area contributed by atoms with Gasteiger partial charge in [0.2, 0.25) is 15.9 Å². The van der Waals surface area contributed by atoms with Crippen molar-refractivity contribution in [2.24, 2.45) is 0 Å². The average molecular weight is 441 g/mol. The number of carbonyl (C=O) groups is 1. The number of anilines is 1. The van der Waals surface area contributed by atoms with Crippen LogP contribution in [0, 0.1) is 6.92 Å². The van der Waals surface area contributed by atoms with E-state index in [1.807, 2.05) is 31.2 Å². The number of nitrogen functional groups attached to an aromatic ring is 1. The van der Waals surface area contributed by atoms with Crippen molar-refractivity contribution in [1.82, 2.24) is 15.0 Å². The summed E-state index contributed by atoms with van der Waals surface area (Å²) in [7, 11) is -3.82. The highest BCUT2D eigenvalue weighted by Crippen LogP contribution is 2.20. The molecule has 1 aromatic heterocycles. The SMILES string of the molecule is Cc1ccc(CCNC(=O)CCNS(=O)(=O)c2cc(Br)cnc2N)cc1. The van der Waals surface area contributed by atoms with Crippen molar-refractivity contribution in [3.8, 4) is 0 Å². The fourth-order valence-corrected chi connectivity index (χ4v) is 3.83. The summed E-state index contributed by atoms with van der Waals surface area (Å²) in [5, 5.41) is 2.77. The number of rotatable bonds is 8. The number of halogens is 1. The molecule has 1 aromatic carbocycles. The molecule has 7 nitrogen and oxygen atoms in total. The van der Waals surface area contributed by atoms with Crippen LogP contribution in [0.15, 0.2) is 45.9 Å². The van der Waals surface area contributed by atoms with E-state index in [0.29, 0.717) is 11.0 Å². The Hall–Kier alpha value is -1.97. The second kappa shape index (κ2) is 9.11. The minimum absolute atomic E-state index is 0.0232. The summed E-state index contributed by atoms with van der Waals surface area (Å²) < 4.78 is 27.3. The Morgan fingerprint density at radius 3 is 2.62 bits per heavy atom. The lowest BCUT2D eigenvalue weighted by Crippen LogP contribution is -2.32. The van der Waals surface area contributed by atoms with Gasteiger partial charge in [-0.05, 0) is 40.9 Å². The highest BCUT2D eigenvalue weighted by Gasteiger charge is 2.18. The third kappa shape index (κ3) is 6.08. The number of aromatic nitrogens is 1. The molecule has 0 spiro atoms. The predicted octanol–water partition coefficient (Wildman–Crippen LogP) is 1.76. The molecule has 0 aliphatic heterocycles. The average Bonchev–Trinajstić information content (AvgIpc) is 2.58. The lowest BCUT2D eigenvalue weighted by molar-refractivity contribution is -0.120. The van der Waals surface area contributed by atoms with E-state index in [9.17, 15) is 13.2 Å². The Kier molecular flexibility index (Phi) is 7.13. The summed E-state index contributed by atoms with van der Waals surface area (Å²) in [5.74, 6) is -0.316. The zero-order chi connectivity index (χ0) is 19.2. The molecule has 0 aliphatic rings. The first-order chi connectivity index (χ1) is 12.3. The number of carbonyl (C=O) groups excluding carboxylic acids is 1. The van der Waals surface area contributed by atoms with Crippen LogP contribution in [-0.4, -0.2) is 32.4 Å². The van der Waals surface area contributed by atoms with Crippen molar-refractivity contribution in [2.75, 3.05) is 18.8 Å². The lowest BCUT2D eigenvalue weighted by atomic mass is 10.1. The van der Waals surface area contributed by atoms with Crippen LogP contribution in [0.3, 0.4) is 0 Å². The quantitative estimate of drug-likeness (QED) is 0.578. The van der Waals surface area contributed by atoms with Gasteiger partial charge in [-0.1, -0.05) is 29.8 Å². The number of benzene rings is 1. The van der Waals surface area contributed by atoms with Gasteiger partial charge < -0.3 is 11.1 Å². The van der Waals surface area contributed by atoms with Crippen molar-refractivity contribution in [3.05, 3.63) is 52.1 Å². The molecule has 1 amide bonds. The fraction of sp³-hybridized carbons (Fsp3) is 0.294. The van der Waals surface area contributed by atoms with Gasteiger partial charge in [0.15, 0.2) is 0 Å². The van der Waals surface area contributed by atoms with Gasteiger partial charge in [-0.15, -0.1) is 0 Å². The molecule has 140 valence electrons. The molecule has 2 rings (SSSR count). The Labute approximate surface area is 161 Å². The first kappa shape index (κ1) is 20.3. The van der Waals surface area contributed by atoms with Gasteiger partial charge in [-0.3, -0.25) is 4.79 Å². The minimum Gasteiger partial charge on any atom is -0.383 e. The lowest BCUT2D eigenvalue weighted by Gasteiger charge is -2.09. The molecule has 9 heteroatoms. The standard InChI is InChI=1S/C17H21BrN4O3S/c1-12-2-4-13(5-3-12)6-8-20-16(23)7-9-22-26(24,25)15-10-14(18)11-21-17(15)19/h2-5,10-11,22H,6-9H2,1H3,(H2,19,21)(H,20,23). The molecule has 2 aromatic rings. The first-order valence-electron chi connectivity index (χ1n) is 8.01. The van der Waals surface area contributed by atoms with Crippen LogP contribution >= 0.6 is 15.9 Å². The van der Waals surface area contributed by atoms with E-state index in [1.165, 1.54) is 17.8 Å². The van der Waals surface area contributed by atoms with E-state index < -0.39 is 10.0 Å². The van der Waals surface area contributed by atoms with Crippen LogP contribution in [0.5, 0.6) is 0 Å². The molecule has 26 heavy (non-hydrogen) atoms. The molecule has 0 radical (unpaired) electrons. The number of hydrogen-bond acceptors (Lipinski definition) is 5. The summed E-state index contributed by atoms with van der Waals surface area (Å²) in [6.07, 6.45) is 2.17. The molecular formula is C17H21BrN4O3S.